The molecule has 0 aliphatic carbocycles. The zero-order valence-electron chi connectivity index (χ0n) is 11.6. The second-order valence-electron chi connectivity index (χ2n) is 5.33. The Morgan fingerprint density at radius 1 is 0.950 bits per heavy atom. The van der Waals surface area contributed by atoms with E-state index in [0.29, 0.717) is 0 Å². The average Bonchev–Trinajstić information content (AvgIpc) is 2.53. The predicted octanol–water partition coefficient (Wildman–Crippen LogP) is 3.87. The first kappa shape index (κ1) is 12.9. The molecule has 0 aromatic heterocycles. The van der Waals surface area contributed by atoms with Crippen molar-refractivity contribution in [1.29, 1.82) is 0 Å². The van der Waals surface area contributed by atoms with Gasteiger partial charge in [-0.3, -0.25) is 4.79 Å². The van der Waals surface area contributed by atoms with Crippen LogP contribution in [0, 0.1) is 0 Å². The van der Waals surface area contributed by atoms with Gasteiger partial charge in [-0.25, -0.2) is 0 Å². The third kappa shape index (κ3) is 2.90. The van der Waals surface area contributed by atoms with E-state index in [0.717, 1.165) is 31.5 Å². The van der Waals surface area contributed by atoms with Gasteiger partial charge in [0.15, 0.2) is 0 Å². The number of nitrogens with zero attached hydrogens (tertiary/aromatic N) is 1. The molecule has 0 spiro atoms. The minimum absolute atomic E-state index is 0.137. The molecule has 2 aromatic rings. The van der Waals surface area contributed by atoms with Crippen LogP contribution in [0.2, 0.25) is 0 Å². The van der Waals surface area contributed by atoms with Gasteiger partial charge in [0, 0.05) is 19.2 Å². The van der Waals surface area contributed by atoms with E-state index in [9.17, 15) is 4.79 Å². The SMILES string of the molecule is O=C(/C=C/c1ccc2ccccc2c1)N1CCCCC1. The van der Waals surface area contributed by atoms with Gasteiger partial charge >= 0.3 is 0 Å². The molecular formula is C18H19NO. The highest BCUT2D eigenvalue weighted by Gasteiger charge is 2.13. The van der Waals surface area contributed by atoms with E-state index in [2.05, 4.69) is 30.3 Å². The fourth-order valence-corrected chi connectivity index (χ4v) is 2.70. The molecule has 102 valence electrons. The number of hydrogen-bond donors (Lipinski definition) is 0. The summed E-state index contributed by atoms with van der Waals surface area (Å²) in [5.41, 5.74) is 1.08. The second kappa shape index (κ2) is 5.91. The van der Waals surface area contributed by atoms with E-state index in [1.54, 1.807) is 6.08 Å². The number of carbonyl (C=O) groups excluding carboxylic acids is 1. The molecule has 0 unspecified atom stereocenters. The molecule has 1 aliphatic heterocycles. The highest BCUT2D eigenvalue weighted by Crippen LogP contribution is 2.17. The normalized spacial score (nSPS) is 15.9. The van der Waals surface area contributed by atoms with Crippen molar-refractivity contribution in [3.05, 3.63) is 54.1 Å². The Hall–Kier alpha value is -2.09. The Kier molecular flexibility index (Phi) is 3.82. The van der Waals surface area contributed by atoms with Crippen molar-refractivity contribution in [2.75, 3.05) is 13.1 Å². The minimum atomic E-state index is 0.137. The molecule has 0 atom stereocenters. The minimum Gasteiger partial charge on any atom is -0.339 e. The number of benzene rings is 2. The van der Waals surface area contributed by atoms with Crippen LogP contribution in [-0.4, -0.2) is 23.9 Å². The van der Waals surface area contributed by atoms with Crippen LogP contribution < -0.4 is 0 Å². The van der Waals surface area contributed by atoms with Crippen molar-refractivity contribution in [3.63, 3.8) is 0 Å². The fourth-order valence-electron chi connectivity index (χ4n) is 2.70. The van der Waals surface area contributed by atoms with Gasteiger partial charge in [0.05, 0.1) is 0 Å². The van der Waals surface area contributed by atoms with Crippen molar-refractivity contribution in [1.82, 2.24) is 4.90 Å². The molecule has 2 nitrogen and oxygen atoms in total. The van der Waals surface area contributed by atoms with Gasteiger partial charge in [-0.05, 0) is 47.7 Å². The molecule has 0 radical (unpaired) electrons. The van der Waals surface area contributed by atoms with Gasteiger partial charge in [-0.2, -0.15) is 0 Å². The first-order valence-electron chi connectivity index (χ1n) is 7.29. The van der Waals surface area contributed by atoms with Crippen LogP contribution in [0.4, 0.5) is 0 Å². The van der Waals surface area contributed by atoms with E-state index < -0.39 is 0 Å². The van der Waals surface area contributed by atoms with E-state index >= 15 is 0 Å². The molecule has 0 N–H and O–H groups in total. The lowest BCUT2D eigenvalue weighted by atomic mass is 10.1. The van der Waals surface area contributed by atoms with Crippen LogP contribution >= 0.6 is 0 Å². The molecule has 0 saturated carbocycles. The van der Waals surface area contributed by atoms with Crippen molar-refractivity contribution < 1.29 is 4.79 Å². The maximum Gasteiger partial charge on any atom is 0.246 e. The summed E-state index contributed by atoms with van der Waals surface area (Å²) in [6.07, 6.45) is 7.14. The first-order chi connectivity index (χ1) is 9.83. The van der Waals surface area contributed by atoms with E-state index in [-0.39, 0.29) is 5.91 Å². The fraction of sp³-hybridized carbons (Fsp3) is 0.278. The Morgan fingerprint density at radius 3 is 2.50 bits per heavy atom. The predicted molar refractivity (Wildman–Crippen MR) is 83.4 cm³/mol. The van der Waals surface area contributed by atoms with Gasteiger partial charge in [-0.15, -0.1) is 0 Å². The number of hydrogen-bond acceptors (Lipinski definition) is 1. The lowest BCUT2D eigenvalue weighted by Gasteiger charge is -2.25. The van der Waals surface area contributed by atoms with Crippen molar-refractivity contribution in [2.24, 2.45) is 0 Å². The summed E-state index contributed by atoms with van der Waals surface area (Å²) in [5.74, 6) is 0.137. The Balaban J connectivity index is 1.74. The molecule has 1 aliphatic rings. The monoisotopic (exact) mass is 265 g/mol. The number of likely N-dealkylation sites (tertiary alicyclic amines) is 1. The van der Waals surface area contributed by atoms with Crippen LogP contribution in [-0.2, 0) is 4.79 Å². The summed E-state index contributed by atoms with van der Waals surface area (Å²) < 4.78 is 0. The quantitative estimate of drug-likeness (QED) is 0.755. The molecule has 1 heterocycles. The maximum absolute atomic E-state index is 12.1. The lowest BCUT2D eigenvalue weighted by molar-refractivity contribution is -0.126. The number of carbonyl (C=O) groups is 1. The van der Waals surface area contributed by atoms with E-state index in [1.807, 2.05) is 23.1 Å². The van der Waals surface area contributed by atoms with Gasteiger partial charge in [0.1, 0.15) is 0 Å². The van der Waals surface area contributed by atoms with Crippen molar-refractivity contribution in [3.8, 4) is 0 Å². The maximum atomic E-state index is 12.1. The molecule has 0 bridgehead atoms. The smallest absolute Gasteiger partial charge is 0.246 e. The third-order valence-electron chi connectivity index (χ3n) is 3.86. The van der Waals surface area contributed by atoms with Gasteiger partial charge in [-0.1, -0.05) is 36.4 Å². The molecule has 2 heteroatoms. The number of amides is 1. The van der Waals surface area contributed by atoms with Crippen LogP contribution in [0.25, 0.3) is 16.8 Å². The number of piperidine rings is 1. The Labute approximate surface area is 119 Å². The Bertz CT molecular complexity index is 639. The second-order valence-corrected chi connectivity index (χ2v) is 5.33. The summed E-state index contributed by atoms with van der Waals surface area (Å²) >= 11 is 0. The highest BCUT2D eigenvalue weighted by molar-refractivity contribution is 5.93. The first-order valence-corrected chi connectivity index (χ1v) is 7.29. The van der Waals surface area contributed by atoms with Crippen LogP contribution in [0.5, 0.6) is 0 Å². The van der Waals surface area contributed by atoms with E-state index in [4.69, 9.17) is 0 Å². The van der Waals surface area contributed by atoms with E-state index in [1.165, 1.54) is 17.2 Å². The zero-order chi connectivity index (χ0) is 13.8. The zero-order valence-corrected chi connectivity index (χ0v) is 11.6. The average molecular weight is 265 g/mol. The topological polar surface area (TPSA) is 20.3 Å². The van der Waals surface area contributed by atoms with Crippen LogP contribution in [0.3, 0.4) is 0 Å². The number of fused-ring (bicyclic) bond motifs is 1. The molecule has 1 amide bonds. The molecule has 1 saturated heterocycles. The molecule has 1 fully saturated rings. The van der Waals surface area contributed by atoms with Crippen molar-refractivity contribution >= 4 is 22.8 Å². The summed E-state index contributed by atoms with van der Waals surface area (Å²) in [4.78, 5) is 14.0. The van der Waals surface area contributed by atoms with Gasteiger partial charge < -0.3 is 4.90 Å². The van der Waals surface area contributed by atoms with Crippen LogP contribution in [0.1, 0.15) is 24.8 Å². The van der Waals surface area contributed by atoms with Gasteiger partial charge in [0.2, 0.25) is 5.91 Å². The van der Waals surface area contributed by atoms with Crippen LogP contribution in [0.15, 0.2) is 48.5 Å². The lowest BCUT2D eigenvalue weighted by Crippen LogP contribution is -2.34. The Morgan fingerprint density at radius 2 is 1.70 bits per heavy atom. The number of rotatable bonds is 2. The summed E-state index contributed by atoms with van der Waals surface area (Å²) in [7, 11) is 0. The van der Waals surface area contributed by atoms with Gasteiger partial charge in [0.25, 0.3) is 0 Å². The third-order valence-corrected chi connectivity index (χ3v) is 3.86. The molecule has 2 aromatic carbocycles. The summed E-state index contributed by atoms with van der Waals surface area (Å²) in [5, 5.41) is 2.44. The summed E-state index contributed by atoms with van der Waals surface area (Å²) in [6, 6.07) is 14.5. The van der Waals surface area contributed by atoms with Crippen molar-refractivity contribution in [2.45, 2.75) is 19.3 Å². The largest absolute Gasteiger partial charge is 0.339 e. The summed E-state index contributed by atoms with van der Waals surface area (Å²) in [6.45, 7) is 1.81. The molecule has 20 heavy (non-hydrogen) atoms. The molecular weight excluding hydrogens is 246 g/mol. The standard InChI is InChI=1S/C18H19NO/c20-18(19-12-4-1-5-13-19)11-9-15-8-10-16-6-2-3-7-17(16)14-15/h2-3,6-11,14H,1,4-5,12-13H2/b11-9+. The highest BCUT2D eigenvalue weighted by atomic mass is 16.2. The molecule has 3 rings (SSSR count).